The van der Waals surface area contributed by atoms with Gasteiger partial charge in [-0.25, -0.2) is 0 Å². The van der Waals surface area contributed by atoms with Crippen LogP contribution >= 0.6 is 0 Å². The number of aromatic nitrogens is 7. The minimum Gasteiger partial charge on any atom is -0.573 e. The summed E-state index contributed by atoms with van der Waals surface area (Å²) in [5, 5.41) is 6.47. The summed E-state index contributed by atoms with van der Waals surface area (Å²) in [6.45, 7) is 4.14. The molecule has 42 heavy (non-hydrogen) atoms. The van der Waals surface area contributed by atoms with E-state index in [2.05, 4.69) is 65.9 Å². The van der Waals surface area contributed by atoms with E-state index in [1.54, 1.807) is 18.2 Å². The summed E-state index contributed by atoms with van der Waals surface area (Å²) in [5.74, 6) is 0. The predicted molar refractivity (Wildman–Crippen MR) is 144 cm³/mol. The Hall–Kier alpha value is -4.34. The summed E-state index contributed by atoms with van der Waals surface area (Å²) in [6.07, 6.45) is 11.1. The van der Waals surface area contributed by atoms with Crippen molar-refractivity contribution in [1.29, 1.82) is 0 Å². The van der Waals surface area contributed by atoms with E-state index in [1.807, 2.05) is 81.4 Å². The zero-order valence-electron chi connectivity index (χ0n) is 23.3. The third kappa shape index (κ3) is 9.09. The first-order chi connectivity index (χ1) is 19.6. The van der Waals surface area contributed by atoms with E-state index in [4.69, 9.17) is 0 Å². The van der Waals surface area contributed by atoms with Crippen LogP contribution in [0.3, 0.4) is 0 Å². The van der Waals surface area contributed by atoms with Crippen molar-refractivity contribution in [1.82, 2.24) is 24.3 Å². The van der Waals surface area contributed by atoms with Gasteiger partial charge in [0.25, 0.3) is 0 Å². The SMILES string of the molecule is Cc1cc[c-]c(-n2[c-][n+](C)cc2)c1.Cc1cc[c-]c(-n2[c-][n+](C)cc2)c1.FC(F)(F)c1cc(-c2ccccn2)[n-]n1.[Ir]. The average molecular weight is 747 g/mol. The van der Waals surface area contributed by atoms with Gasteiger partial charge in [0.05, 0.1) is 14.1 Å². The summed E-state index contributed by atoms with van der Waals surface area (Å²) in [4.78, 5) is 3.87. The van der Waals surface area contributed by atoms with Crippen LogP contribution in [0.5, 0.6) is 0 Å². The molecule has 0 unspecified atom stereocenters. The van der Waals surface area contributed by atoms with E-state index < -0.39 is 11.9 Å². The summed E-state index contributed by atoms with van der Waals surface area (Å²) < 4.78 is 44.2. The first-order valence-electron chi connectivity index (χ1n) is 12.5. The Kier molecular flexibility index (Phi) is 11.1. The standard InChI is InChI=1S/2C11H11N2.C9H5F3N3.Ir/c2*1-10-4-3-5-11(8-10)13-7-6-12(2)9-13;10-9(11,12)8-5-7(14-15-8)6-3-1-2-4-13-6;/h2*3-4,6-8H,1-2H3;1-5H;/q3*-1;. The van der Waals surface area contributed by atoms with Crippen LogP contribution in [0.25, 0.3) is 22.8 Å². The van der Waals surface area contributed by atoms with Crippen molar-refractivity contribution >= 4 is 0 Å². The largest absolute Gasteiger partial charge is 0.573 e. The van der Waals surface area contributed by atoms with Gasteiger partial charge in [-0.3, -0.25) is 4.98 Å². The number of rotatable bonds is 3. The van der Waals surface area contributed by atoms with Crippen molar-refractivity contribution in [2.24, 2.45) is 14.1 Å². The fraction of sp³-hybridized carbons (Fsp3) is 0.161. The number of benzene rings is 2. The molecule has 11 heteroatoms. The topological polar surface area (TPSA) is 57.5 Å². The second-order valence-electron chi connectivity index (χ2n) is 9.09. The Labute approximate surface area is 256 Å². The van der Waals surface area contributed by atoms with Crippen molar-refractivity contribution < 1.29 is 42.4 Å². The second-order valence-corrected chi connectivity index (χ2v) is 9.09. The summed E-state index contributed by atoms with van der Waals surface area (Å²) in [7, 11) is 3.90. The molecule has 0 amide bonds. The number of nitrogens with zero attached hydrogens (tertiary/aromatic N) is 7. The number of imidazole rings is 2. The second kappa shape index (κ2) is 14.5. The molecule has 0 aliphatic carbocycles. The van der Waals surface area contributed by atoms with Gasteiger partial charge >= 0.3 is 6.18 Å². The van der Waals surface area contributed by atoms with Crippen molar-refractivity contribution in [2.45, 2.75) is 20.0 Å². The normalized spacial score (nSPS) is 10.5. The van der Waals surface area contributed by atoms with Crippen LogP contribution in [0.15, 0.2) is 91.6 Å². The third-order valence-corrected chi connectivity index (χ3v) is 5.57. The average Bonchev–Trinajstić information content (AvgIpc) is 3.71. The number of hydrogen-bond donors (Lipinski definition) is 0. The Balaban J connectivity index is 0.000000171. The number of halogens is 3. The van der Waals surface area contributed by atoms with Gasteiger partial charge in [-0.2, -0.15) is 72.8 Å². The number of hydrogen-bond acceptors (Lipinski definition) is 2. The first kappa shape index (κ1) is 32.2. The van der Waals surface area contributed by atoms with Gasteiger partial charge in [0.15, 0.2) is 0 Å². The smallest absolute Gasteiger partial charge is 0.431 e. The van der Waals surface area contributed by atoms with Crippen molar-refractivity contribution in [2.75, 3.05) is 0 Å². The van der Waals surface area contributed by atoms with E-state index in [0.717, 1.165) is 17.4 Å². The maximum Gasteiger partial charge on any atom is 0.431 e. The molecule has 0 fully saturated rings. The molecule has 4 aromatic heterocycles. The zero-order chi connectivity index (χ0) is 29.4. The Morgan fingerprint density at radius 1 is 0.810 bits per heavy atom. The number of alkyl halides is 3. The molecular weight excluding hydrogens is 720 g/mol. The van der Waals surface area contributed by atoms with Crippen molar-refractivity contribution in [3.8, 4) is 22.8 Å². The molecule has 0 N–H and O–H groups in total. The van der Waals surface area contributed by atoms with Gasteiger partial charge < -0.3 is 28.5 Å². The minimum absolute atomic E-state index is 0. The monoisotopic (exact) mass is 747 g/mol. The molecule has 2 aromatic carbocycles. The van der Waals surface area contributed by atoms with Crippen LogP contribution in [0.2, 0.25) is 0 Å². The van der Waals surface area contributed by atoms with Gasteiger partial charge in [0.1, 0.15) is 5.69 Å². The third-order valence-electron chi connectivity index (χ3n) is 5.57. The summed E-state index contributed by atoms with van der Waals surface area (Å²) in [5.41, 5.74) is 4.03. The molecule has 0 aliphatic heterocycles. The van der Waals surface area contributed by atoms with Crippen LogP contribution in [-0.2, 0) is 40.4 Å². The molecule has 0 saturated carbocycles. The van der Waals surface area contributed by atoms with Crippen molar-refractivity contribution in [3.05, 3.63) is 133 Å². The predicted octanol–water partition coefficient (Wildman–Crippen LogP) is 4.54. The van der Waals surface area contributed by atoms with Crippen LogP contribution in [0, 0.1) is 38.6 Å². The molecule has 6 aromatic rings. The van der Waals surface area contributed by atoms with Gasteiger partial charge in [0.2, 0.25) is 12.7 Å². The Morgan fingerprint density at radius 2 is 1.36 bits per heavy atom. The van der Waals surface area contributed by atoms with Gasteiger partial charge in [-0.1, -0.05) is 37.0 Å². The van der Waals surface area contributed by atoms with Gasteiger partial charge in [0, 0.05) is 56.8 Å². The number of pyridine rings is 1. The number of aryl methyl sites for hydroxylation is 4. The van der Waals surface area contributed by atoms with E-state index in [1.165, 1.54) is 17.3 Å². The molecule has 4 heterocycles. The molecule has 0 atom stereocenters. The van der Waals surface area contributed by atoms with E-state index in [9.17, 15) is 13.2 Å². The summed E-state index contributed by atoms with van der Waals surface area (Å²) in [6, 6.07) is 24.2. The molecule has 0 bridgehead atoms. The molecule has 7 nitrogen and oxygen atoms in total. The van der Waals surface area contributed by atoms with Crippen LogP contribution in [0.1, 0.15) is 16.8 Å². The van der Waals surface area contributed by atoms with Crippen molar-refractivity contribution in [3.63, 3.8) is 0 Å². The molecule has 0 saturated heterocycles. The summed E-state index contributed by atoms with van der Waals surface area (Å²) >= 11 is 0. The molecular formula is C31H27F3IrN7-3. The van der Waals surface area contributed by atoms with Crippen LogP contribution < -0.4 is 14.2 Å². The quantitative estimate of drug-likeness (QED) is 0.198. The maximum atomic E-state index is 12.2. The van der Waals surface area contributed by atoms with E-state index in [0.29, 0.717) is 5.69 Å². The van der Waals surface area contributed by atoms with Crippen LogP contribution in [-0.4, -0.2) is 19.2 Å². The minimum atomic E-state index is -4.46. The fourth-order valence-electron chi connectivity index (χ4n) is 3.55. The molecule has 1 radical (unpaired) electrons. The van der Waals surface area contributed by atoms with Gasteiger partial charge in [-0.15, -0.1) is 0 Å². The molecule has 0 aliphatic rings. The van der Waals surface area contributed by atoms with E-state index >= 15 is 0 Å². The van der Waals surface area contributed by atoms with E-state index in [-0.39, 0.29) is 25.8 Å². The molecule has 219 valence electrons. The Morgan fingerprint density at radius 3 is 1.74 bits per heavy atom. The van der Waals surface area contributed by atoms with Crippen LogP contribution in [0.4, 0.5) is 13.2 Å². The Bertz CT molecular complexity index is 1610. The maximum absolute atomic E-state index is 12.2. The van der Waals surface area contributed by atoms with Gasteiger partial charge in [-0.05, 0) is 18.2 Å². The first-order valence-corrected chi connectivity index (χ1v) is 12.5. The fourth-order valence-corrected chi connectivity index (χ4v) is 3.55. The zero-order valence-corrected chi connectivity index (χ0v) is 25.7. The molecule has 0 spiro atoms. The molecule has 6 rings (SSSR count).